The molecule has 6 nitrogen and oxygen atoms in total. The first-order valence-electron chi connectivity index (χ1n) is 6.36. The Bertz CT molecular complexity index is 682. The number of ether oxygens (including phenoxy) is 2. The highest BCUT2D eigenvalue weighted by Gasteiger charge is 2.29. The quantitative estimate of drug-likeness (QED) is 0.381. The molecule has 1 aromatic carbocycles. The van der Waals surface area contributed by atoms with Crippen molar-refractivity contribution in [3.05, 3.63) is 28.7 Å². The molecule has 0 saturated carbocycles. The molecular weight excluding hydrogens is 322 g/mol. The number of hydrogen-bond acceptors (Lipinski definition) is 7. The normalized spacial score (nSPS) is 16.0. The Morgan fingerprint density at radius 2 is 2.23 bits per heavy atom. The summed E-state index contributed by atoms with van der Waals surface area (Å²) in [5, 5.41) is 9.52. The van der Waals surface area contributed by atoms with Crippen LogP contribution in [-0.2, 0) is 4.79 Å². The number of nitrogens with zero attached hydrogens (tertiary/aromatic N) is 2. The number of nitriles is 1. The van der Waals surface area contributed by atoms with Crippen molar-refractivity contribution in [3.8, 4) is 17.6 Å². The molecule has 0 spiro atoms. The van der Waals surface area contributed by atoms with Crippen LogP contribution >= 0.6 is 24.0 Å². The minimum atomic E-state index is -0.335. The summed E-state index contributed by atoms with van der Waals surface area (Å²) in [6.45, 7) is 2.24. The molecule has 1 aromatic rings. The number of thioether (sulfide) groups is 1. The third-order valence-corrected chi connectivity index (χ3v) is 4.01. The van der Waals surface area contributed by atoms with Crippen LogP contribution in [0.2, 0.25) is 0 Å². The fourth-order valence-corrected chi connectivity index (χ4v) is 2.85. The van der Waals surface area contributed by atoms with Gasteiger partial charge in [0.05, 0.1) is 11.5 Å². The van der Waals surface area contributed by atoms with Gasteiger partial charge in [-0.25, -0.2) is 10.9 Å². The highest BCUT2D eigenvalue weighted by Crippen LogP contribution is 2.33. The summed E-state index contributed by atoms with van der Waals surface area (Å²) in [5.74, 6) is 6.18. The lowest BCUT2D eigenvalue weighted by Gasteiger charge is -2.10. The maximum atomic E-state index is 11.9. The van der Waals surface area contributed by atoms with Gasteiger partial charge in [0, 0.05) is 0 Å². The van der Waals surface area contributed by atoms with Gasteiger partial charge in [-0.05, 0) is 30.7 Å². The largest absolute Gasteiger partial charge is 0.490 e. The predicted octanol–water partition coefficient (Wildman–Crippen LogP) is 2.06. The number of rotatable bonds is 5. The molecule has 0 aromatic heterocycles. The molecule has 0 bridgehead atoms. The summed E-state index contributed by atoms with van der Waals surface area (Å²) < 4.78 is 11.1. The van der Waals surface area contributed by atoms with Crippen molar-refractivity contribution in [3.63, 3.8) is 0 Å². The average Bonchev–Trinajstić information content (AvgIpc) is 2.74. The summed E-state index contributed by atoms with van der Waals surface area (Å²) >= 11 is 6.12. The van der Waals surface area contributed by atoms with E-state index in [1.165, 1.54) is 0 Å². The first kappa shape index (κ1) is 16.3. The van der Waals surface area contributed by atoms with Gasteiger partial charge in [0.25, 0.3) is 5.91 Å². The van der Waals surface area contributed by atoms with E-state index >= 15 is 0 Å². The molecule has 1 amide bonds. The number of nitrogens with two attached hydrogens (primary N) is 1. The summed E-state index contributed by atoms with van der Waals surface area (Å²) in [7, 11) is 0. The van der Waals surface area contributed by atoms with Gasteiger partial charge in [-0.1, -0.05) is 30.0 Å². The van der Waals surface area contributed by atoms with Gasteiger partial charge >= 0.3 is 0 Å². The van der Waals surface area contributed by atoms with Crippen molar-refractivity contribution in [1.29, 1.82) is 5.26 Å². The molecule has 0 unspecified atom stereocenters. The zero-order valence-electron chi connectivity index (χ0n) is 11.7. The van der Waals surface area contributed by atoms with E-state index in [-0.39, 0.29) is 12.5 Å². The predicted molar refractivity (Wildman–Crippen MR) is 87.9 cm³/mol. The van der Waals surface area contributed by atoms with Gasteiger partial charge in [-0.15, -0.1) is 0 Å². The van der Waals surface area contributed by atoms with Crippen molar-refractivity contribution in [2.45, 2.75) is 6.92 Å². The number of hydrazine groups is 1. The average molecular weight is 335 g/mol. The molecule has 0 radical (unpaired) electrons. The monoisotopic (exact) mass is 335 g/mol. The summed E-state index contributed by atoms with van der Waals surface area (Å²) in [6.07, 6.45) is 1.68. The molecule has 114 valence electrons. The van der Waals surface area contributed by atoms with Crippen LogP contribution in [0.5, 0.6) is 11.5 Å². The van der Waals surface area contributed by atoms with E-state index in [1.54, 1.807) is 24.3 Å². The van der Waals surface area contributed by atoms with E-state index in [2.05, 4.69) is 0 Å². The van der Waals surface area contributed by atoms with Crippen LogP contribution in [0.4, 0.5) is 0 Å². The Morgan fingerprint density at radius 3 is 2.82 bits per heavy atom. The number of carbonyl (C=O) groups is 1. The molecule has 1 heterocycles. The van der Waals surface area contributed by atoms with Crippen LogP contribution in [0, 0.1) is 11.3 Å². The first-order valence-corrected chi connectivity index (χ1v) is 7.58. The highest BCUT2D eigenvalue weighted by atomic mass is 32.2. The van der Waals surface area contributed by atoms with Gasteiger partial charge in [0.15, 0.2) is 22.4 Å². The minimum Gasteiger partial charge on any atom is -0.490 e. The molecule has 8 heteroatoms. The highest BCUT2D eigenvalue weighted by molar-refractivity contribution is 8.26. The van der Waals surface area contributed by atoms with Crippen molar-refractivity contribution < 1.29 is 14.3 Å². The second-order valence-electron chi connectivity index (χ2n) is 4.14. The van der Waals surface area contributed by atoms with Gasteiger partial charge in [0.2, 0.25) is 0 Å². The molecule has 2 rings (SSSR count). The van der Waals surface area contributed by atoms with Crippen molar-refractivity contribution in [2.75, 3.05) is 13.2 Å². The maximum Gasteiger partial charge on any atom is 0.280 e. The van der Waals surface area contributed by atoms with E-state index in [0.717, 1.165) is 22.3 Å². The van der Waals surface area contributed by atoms with Gasteiger partial charge in [-0.3, -0.25) is 4.79 Å². The van der Waals surface area contributed by atoms with E-state index < -0.39 is 0 Å². The molecular formula is C14H13N3O3S2. The number of benzene rings is 1. The zero-order chi connectivity index (χ0) is 16.1. The van der Waals surface area contributed by atoms with Gasteiger partial charge < -0.3 is 9.47 Å². The van der Waals surface area contributed by atoms with E-state index in [1.807, 2.05) is 13.0 Å². The first-order chi connectivity index (χ1) is 10.6. The summed E-state index contributed by atoms with van der Waals surface area (Å²) in [4.78, 5) is 12.3. The Morgan fingerprint density at radius 1 is 1.45 bits per heavy atom. The second kappa shape index (κ2) is 7.26. The fraction of sp³-hybridized carbons (Fsp3) is 0.214. The SMILES string of the molecule is CCOc1cc(/C=C2\SC(=S)N(N)C2=O)ccc1OCC#N. The Kier molecular flexibility index (Phi) is 5.38. The van der Waals surface area contributed by atoms with E-state index in [9.17, 15) is 4.79 Å². The van der Waals surface area contributed by atoms with Crippen LogP contribution in [0.3, 0.4) is 0 Å². The summed E-state index contributed by atoms with van der Waals surface area (Å²) in [5.41, 5.74) is 0.752. The standard InChI is InChI=1S/C14H13N3O3S2/c1-2-19-11-7-9(3-4-10(11)20-6-5-15)8-12-13(18)17(16)14(21)22-12/h3-4,7-8H,2,6,16H2,1H3/b12-8-. The Balaban J connectivity index is 2.29. The van der Waals surface area contributed by atoms with Crippen LogP contribution in [0.15, 0.2) is 23.1 Å². The third kappa shape index (κ3) is 3.57. The van der Waals surface area contributed by atoms with Crippen LogP contribution < -0.4 is 15.3 Å². The molecule has 0 aliphatic carbocycles. The second-order valence-corrected chi connectivity index (χ2v) is 5.81. The number of hydrogen-bond donors (Lipinski definition) is 1. The lowest BCUT2D eigenvalue weighted by atomic mass is 10.2. The van der Waals surface area contributed by atoms with Crippen molar-refractivity contribution in [1.82, 2.24) is 5.01 Å². The lowest BCUT2D eigenvalue weighted by Crippen LogP contribution is -2.34. The van der Waals surface area contributed by atoms with E-state index in [4.69, 9.17) is 32.8 Å². The number of thiocarbonyl (C=S) groups is 1. The number of amides is 1. The van der Waals surface area contributed by atoms with Crippen LogP contribution in [0.1, 0.15) is 12.5 Å². The molecule has 2 N–H and O–H groups in total. The van der Waals surface area contributed by atoms with Crippen LogP contribution in [0.25, 0.3) is 6.08 Å². The topological polar surface area (TPSA) is 88.6 Å². The molecule has 1 saturated heterocycles. The summed E-state index contributed by atoms with van der Waals surface area (Å²) in [6, 6.07) is 7.09. The van der Waals surface area contributed by atoms with Crippen molar-refractivity contribution in [2.24, 2.45) is 5.84 Å². The third-order valence-electron chi connectivity index (χ3n) is 2.68. The Labute approximate surface area is 137 Å². The molecule has 1 aliphatic heterocycles. The van der Waals surface area contributed by atoms with E-state index in [0.29, 0.717) is 27.3 Å². The molecule has 1 fully saturated rings. The maximum absolute atomic E-state index is 11.9. The van der Waals surface area contributed by atoms with Crippen molar-refractivity contribution >= 4 is 40.3 Å². The number of carbonyl (C=O) groups excluding carboxylic acids is 1. The minimum absolute atomic E-state index is 0.0642. The molecule has 0 atom stereocenters. The lowest BCUT2D eigenvalue weighted by molar-refractivity contribution is -0.122. The zero-order valence-corrected chi connectivity index (χ0v) is 13.4. The fourth-order valence-electron chi connectivity index (χ4n) is 1.74. The smallest absolute Gasteiger partial charge is 0.280 e. The van der Waals surface area contributed by atoms with Gasteiger partial charge in [-0.2, -0.15) is 5.26 Å². The molecule has 22 heavy (non-hydrogen) atoms. The van der Waals surface area contributed by atoms with Crippen LogP contribution in [-0.4, -0.2) is 28.5 Å². The Hall–Kier alpha value is -2.08. The van der Waals surface area contributed by atoms with Gasteiger partial charge in [0.1, 0.15) is 6.07 Å². The molecule has 1 aliphatic rings.